The van der Waals surface area contributed by atoms with Gasteiger partial charge in [0.1, 0.15) is 11.5 Å². The zero-order valence-corrected chi connectivity index (χ0v) is 11.0. The Labute approximate surface area is 115 Å². The molecule has 0 radical (unpaired) electrons. The van der Waals surface area contributed by atoms with E-state index in [-0.39, 0.29) is 5.56 Å². The molecule has 0 saturated heterocycles. The molecule has 0 atom stereocenters. The minimum atomic E-state index is -0.294. The Morgan fingerprint density at radius 3 is 2.70 bits per heavy atom. The fraction of sp³-hybridized carbons (Fsp3) is 0.133. The first-order valence-corrected chi connectivity index (χ1v) is 6.27. The fourth-order valence-corrected chi connectivity index (χ4v) is 1.90. The van der Waals surface area contributed by atoms with Gasteiger partial charge < -0.3 is 4.42 Å². The molecule has 0 aliphatic carbocycles. The SMILES string of the molecule is Cc1ccc(-c2n[nH]c(=O)c(Cc3ccco3)n2)cc1. The maximum atomic E-state index is 11.8. The van der Waals surface area contributed by atoms with E-state index in [9.17, 15) is 4.79 Å². The molecular weight excluding hydrogens is 254 g/mol. The van der Waals surface area contributed by atoms with Crippen molar-refractivity contribution in [2.45, 2.75) is 13.3 Å². The number of H-pyrrole nitrogens is 1. The van der Waals surface area contributed by atoms with Crippen molar-refractivity contribution >= 4 is 0 Å². The summed E-state index contributed by atoms with van der Waals surface area (Å²) < 4.78 is 5.24. The number of hydrogen-bond donors (Lipinski definition) is 1. The van der Waals surface area contributed by atoms with Crippen LogP contribution in [0.5, 0.6) is 0 Å². The van der Waals surface area contributed by atoms with Crippen LogP contribution < -0.4 is 5.56 Å². The third-order valence-corrected chi connectivity index (χ3v) is 3.00. The molecule has 100 valence electrons. The highest BCUT2D eigenvalue weighted by Gasteiger charge is 2.09. The van der Waals surface area contributed by atoms with E-state index in [1.54, 1.807) is 12.3 Å². The van der Waals surface area contributed by atoms with Gasteiger partial charge in [0.25, 0.3) is 5.56 Å². The molecule has 3 rings (SSSR count). The highest BCUT2D eigenvalue weighted by molar-refractivity contribution is 5.54. The molecule has 2 heterocycles. The molecule has 0 unspecified atom stereocenters. The van der Waals surface area contributed by atoms with Crippen LogP contribution in [0.2, 0.25) is 0 Å². The predicted molar refractivity (Wildman–Crippen MR) is 74.3 cm³/mol. The lowest BCUT2D eigenvalue weighted by Gasteiger charge is -2.02. The second-order valence-corrected chi connectivity index (χ2v) is 4.56. The number of aromatic nitrogens is 3. The summed E-state index contributed by atoms with van der Waals surface area (Å²) in [6.45, 7) is 2.01. The Morgan fingerprint density at radius 1 is 1.20 bits per heavy atom. The second-order valence-electron chi connectivity index (χ2n) is 4.56. The molecule has 20 heavy (non-hydrogen) atoms. The molecule has 1 N–H and O–H groups in total. The van der Waals surface area contributed by atoms with Gasteiger partial charge in [-0.25, -0.2) is 10.1 Å². The minimum Gasteiger partial charge on any atom is -0.469 e. The summed E-state index contributed by atoms with van der Waals surface area (Å²) >= 11 is 0. The van der Waals surface area contributed by atoms with Gasteiger partial charge in [-0.15, -0.1) is 0 Å². The molecule has 0 bridgehead atoms. The lowest BCUT2D eigenvalue weighted by Crippen LogP contribution is -2.17. The van der Waals surface area contributed by atoms with Gasteiger partial charge >= 0.3 is 0 Å². The highest BCUT2D eigenvalue weighted by Crippen LogP contribution is 2.14. The zero-order valence-electron chi connectivity index (χ0n) is 11.0. The van der Waals surface area contributed by atoms with Crippen LogP contribution in [0.25, 0.3) is 11.4 Å². The van der Waals surface area contributed by atoms with E-state index in [2.05, 4.69) is 15.2 Å². The first-order chi connectivity index (χ1) is 9.72. The number of aryl methyl sites for hydroxylation is 1. The summed E-state index contributed by atoms with van der Waals surface area (Å²) in [4.78, 5) is 16.1. The lowest BCUT2D eigenvalue weighted by atomic mass is 10.1. The molecule has 0 saturated carbocycles. The Balaban J connectivity index is 1.97. The molecule has 0 aliphatic rings. The Bertz CT molecular complexity index is 759. The van der Waals surface area contributed by atoms with Gasteiger partial charge in [0.05, 0.1) is 12.7 Å². The first-order valence-electron chi connectivity index (χ1n) is 6.27. The van der Waals surface area contributed by atoms with E-state index in [0.717, 1.165) is 11.1 Å². The van der Waals surface area contributed by atoms with E-state index >= 15 is 0 Å². The maximum absolute atomic E-state index is 11.8. The van der Waals surface area contributed by atoms with Crippen molar-refractivity contribution < 1.29 is 4.42 Å². The van der Waals surface area contributed by atoms with Crippen molar-refractivity contribution in [1.29, 1.82) is 0 Å². The van der Waals surface area contributed by atoms with E-state index in [1.807, 2.05) is 37.3 Å². The van der Waals surface area contributed by atoms with Crippen LogP contribution in [0.1, 0.15) is 17.0 Å². The minimum absolute atomic E-state index is 0.294. The number of furan rings is 1. The molecule has 0 aliphatic heterocycles. The highest BCUT2D eigenvalue weighted by atomic mass is 16.3. The Morgan fingerprint density at radius 2 is 2.00 bits per heavy atom. The smallest absolute Gasteiger partial charge is 0.286 e. The normalized spacial score (nSPS) is 10.7. The van der Waals surface area contributed by atoms with E-state index < -0.39 is 0 Å². The molecule has 3 aromatic rings. The van der Waals surface area contributed by atoms with E-state index in [4.69, 9.17) is 4.42 Å². The first kappa shape index (κ1) is 12.3. The number of aromatic amines is 1. The third kappa shape index (κ3) is 2.51. The van der Waals surface area contributed by atoms with Gasteiger partial charge in [-0.2, -0.15) is 5.10 Å². The maximum Gasteiger partial charge on any atom is 0.286 e. The van der Waals surface area contributed by atoms with Crippen molar-refractivity contribution in [2.24, 2.45) is 0 Å². The topological polar surface area (TPSA) is 71.8 Å². The third-order valence-electron chi connectivity index (χ3n) is 3.00. The number of benzene rings is 1. The summed E-state index contributed by atoms with van der Waals surface area (Å²) in [7, 11) is 0. The van der Waals surface area contributed by atoms with Crippen molar-refractivity contribution in [3.05, 3.63) is 70.0 Å². The fourth-order valence-electron chi connectivity index (χ4n) is 1.90. The number of hydrogen-bond acceptors (Lipinski definition) is 4. The molecule has 5 heteroatoms. The van der Waals surface area contributed by atoms with Crippen LogP contribution >= 0.6 is 0 Å². The molecule has 0 spiro atoms. The largest absolute Gasteiger partial charge is 0.469 e. The lowest BCUT2D eigenvalue weighted by molar-refractivity contribution is 0.518. The van der Waals surface area contributed by atoms with E-state index in [1.165, 1.54) is 0 Å². The van der Waals surface area contributed by atoms with Crippen LogP contribution in [0.15, 0.2) is 51.9 Å². The number of nitrogens with one attached hydrogen (secondary N) is 1. The van der Waals surface area contributed by atoms with Gasteiger partial charge in [0, 0.05) is 5.56 Å². The second kappa shape index (κ2) is 5.13. The van der Waals surface area contributed by atoms with Crippen molar-refractivity contribution in [3.63, 3.8) is 0 Å². The molecule has 0 fully saturated rings. The zero-order chi connectivity index (χ0) is 13.9. The number of nitrogens with zero attached hydrogens (tertiary/aromatic N) is 2. The molecule has 0 amide bonds. The van der Waals surface area contributed by atoms with Gasteiger partial charge in [0.15, 0.2) is 5.82 Å². The Hall–Kier alpha value is -2.69. The van der Waals surface area contributed by atoms with Crippen LogP contribution in [0.4, 0.5) is 0 Å². The quantitative estimate of drug-likeness (QED) is 0.790. The summed E-state index contributed by atoms with van der Waals surface area (Å²) in [5.74, 6) is 1.20. The summed E-state index contributed by atoms with van der Waals surface area (Å²) in [6, 6.07) is 11.4. The number of rotatable bonds is 3. The summed E-state index contributed by atoms with van der Waals surface area (Å²) in [5, 5.41) is 6.47. The van der Waals surface area contributed by atoms with Crippen LogP contribution in [-0.2, 0) is 6.42 Å². The van der Waals surface area contributed by atoms with Crippen molar-refractivity contribution in [1.82, 2.24) is 15.2 Å². The van der Waals surface area contributed by atoms with Crippen LogP contribution in [0.3, 0.4) is 0 Å². The van der Waals surface area contributed by atoms with Gasteiger partial charge in [-0.05, 0) is 19.1 Å². The van der Waals surface area contributed by atoms with Crippen LogP contribution in [-0.4, -0.2) is 15.2 Å². The summed E-state index contributed by atoms with van der Waals surface area (Å²) in [5.41, 5.74) is 2.13. The predicted octanol–water partition coefficient (Wildman–Crippen LogP) is 2.32. The monoisotopic (exact) mass is 267 g/mol. The molecule has 2 aromatic heterocycles. The standard InChI is InChI=1S/C15H13N3O2/c1-10-4-6-11(7-5-10)14-16-13(15(19)18-17-14)9-12-3-2-8-20-12/h2-8H,9H2,1H3,(H,18,19). The average Bonchev–Trinajstić information content (AvgIpc) is 2.95. The molecular formula is C15H13N3O2. The van der Waals surface area contributed by atoms with Crippen LogP contribution in [0, 0.1) is 6.92 Å². The average molecular weight is 267 g/mol. The van der Waals surface area contributed by atoms with E-state index in [0.29, 0.717) is 23.7 Å². The van der Waals surface area contributed by atoms with Gasteiger partial charge in [-0.3, -0.25) is 4.79 Å². The van der Waals surface area contributed by atoms with Gasteiger partial charge in [0.2, 0.25) is 0 Å². The molecule has 1 aromatic carbocycles. The van der Waals surface area contributed by atoms with Gasteiger partial charge in [-0.1, -0.05) is 29.8 Å². The summed E-state index contributed by atoms with van der Waals surface area (Å²) in [6.07, 6.45) is 1.93. The van der Waals surface area contributed by atoms with Crippen molar-refractivity contribution in [3.8, 4) is 11.4 Å². The van der Waals surface area contributed by atoms with Crippen molar-refractivity contribution in [2.75, 3.05) is 0 Å². The molecule has 5 nitrogen and oxygen atoms in total. The Kier molecular flexibility index (Phi) is 3.16.